The van der Waals surface area contributed by atoms with Crippen LogP contribution in [0.5, 0.6) is 0 Å². The van der Waals surface area contributed by atoms with Gasteiger partial charge in [-0.05, 0) is 0 Å². The van der Waals surface area contributed by atoms with Gasteiger partial charge in [-0.3, -0.25) is 14.4 Å². The minimum Gasteiger partial charge on any atom is -0.368 e. The molecule has 1 aromatic heterocycles. The molecule has 0 aromatic carbocycles. The SMILES string of the molecule is Cn1cc(CN2CCNCC2C(N)=O)nn1. The maximum Gasteiger partial charge on any atom is 0.236 e. The molecule has 0 saturated carbocycles. The van der Waals surface area contributed by atoms with E-state index in [4.69, 9.17) is 5.73 Å². The molecule has 1 atom stereocenters. The number of nitrogens with zero attached hydrogens (tertiary/aromatic N) is 4. The van der Waals surface area contributed by atoms with Gasteiger partial charge in [0.1, 0.15) is 6.04 Å². The largest absolute Gasteiger partial charge is 0.368 e. The van der Waals surface area contributed by atoms with E-state index in [1.165, 1.54) is 0 Å². The Balaban J connectivity index is 2.03. The number of aryl methyl sites for hydroxylation is 1. The lowest BCUT2D eigenvalue weighted by Gasteiger charge is -2.33. The molecule has 1 saturated heterocycles. The van der Waals surface area contributed by atoms with E-state index < -0.39 is 0 Å². The molecule has 2 heterocycles. The molecule has 1 fully saturated rings. The Bertz CT molecular complexity index is 376. The van der Waals surface area contributed by atoms with Crippen molar-refractivity contribution in [3.8, 4) is 0 Å². The van der Waals surface area contributed by atoms with E-state index >= 15 is 0 Å². The third kappa shape index (κ3) is 2.37. The molecule has 1 aliphatic heterocycles. The number of rotatable bonds is 3. The summed E-state index contributed by atoms with van der Waals surface area (Å²) in [4.78, 5) is 13.3. The molecular formula is C9H16N6O. The second kappa shape index (κ2) is 4.58. The molecule has 2 rings (SSSR count). The Labute approximate surface area is 93.6 Å². The number of carbonyl (C=O) groups excluding carboxylic acids is 1. The Kier molecular flexibility index (Phi) is 3.16. The van der Waals surface area contributed by atoms with Crippen LogP contribution in [0.1, 0.15) is 5.69 Å². The molecule has 7 nitrogen and oxygen atoms in total. The number of carbonyl (C=O) groups is 1. The molecule has 16 heavy (non-hydrogen) atoms. The highest BCUT2D eigenvalue weighted by Crippen LogP contribution is 2.07. The van der Waals surface area contributed by atoms with Crippen LogP contribution in [-0.4, -0.2) is 51.5 Å². The van der Waals surface area contributed by atoms with Gasteiger partial charge in [-0.2, -0.15) is 0 Å². The van der Waals surface area contributed by atoms with Crippen molar-refractivity contribution in [3.05, 3.63) is 11.9 Å². The van der Waals surface area contributed by atoms with Crippen LogP contribution in [0.15, 0.2) is 6.20 Å². The van der Waals surface area contributed by atoms with E-state index in [1.54, 1.807) is 4.68 Å². The molecule has 1 aromatic rings. The number of nitrogens with two attached hydrogens (primary N) is 1. The van der Waals surface area contributed by atoms with E-state index in [0.29, 0.717) is 13.1 Å². The first-order chi connectivity index (χ1) is 7.66. The van der Waals surface area contributed by atoms with E-state index in [-0.39, 0.29) is 11.9 Å². The van der Waals surface area contributed by atoms with Gasteiger partial charge in [-0.25, -0.2) is 0 Å². The first kappa shape index (κ1) is 11.0. The van der Waals surface area contributed by atoms with Gasteiger partial charge in [0.05, 0.1) is 5.69 Å². The molecule has 0 radical (unpaired) electrons. The fourth-order valence-electron chi connectivity index (χ4n) is 1.89. The van der Waals surface area contributed by atoms with Crippen LogP contribution in [0.3, 0.4) is 0 Å². The molecule has 0 bridgehead atoms. The topological polar surface area (TPSA) is 89.1 Å². The standard InChI is InChI=1S/C9H16N6O/c1-14-5-7(12-13-14)6-15-3-2-11-4-8(15)9(10)16/h5,8,11H,2-4,6H2,1H3,(H2,10,16). The highest BCUT2D eigenvalue weighted by Gasteiger charge is 2.27. The van der Waals surface area contributed by atoms with E-state index in [0.717, 1.165) is 18.8 Å². The quantitative estimate of drug-likeness (QED) is 0.624. The summed E-state index contributed by atoms with van der Waals surface area (Å²) in [5.41, 5.74) is 6.21. The van der Waals surface area contributed by atoms with Gasteiger partial charge in [0.15, 0.2) is 0 Å². The average Bonchev–Trinajstić information content (AvgIpc) is 2.64. The lowest BCUT2D eigenvalue weighted by molar-refractivity contribution is -0.124. The fraction of sp³-hybridized carbons (Fsp3) is 0.667. The lowest BCUT2D eigenvalue weighted by atomic mass is 10.1. The van der Waals surface area contributed by atoms with Gasteiger partial charge in [0.25, 0.3) is 0 Å². The Hall–Kier alpha value is -1.47. The zero-order chi connectivity index (χ0) is 11.5. The number of primary amides is 1. The van der Waals surface area contributed by atoms with Crippen LogP contribution in [-0.2, 0) is 18.4 Å². The summed E-state index contributed by atoms with van der Waals surface area (Å²) >= 11 is 0. The van der Waals surface area contributed by atoms with Crippen molar-refractivity contribution in [2.24, 2.45) is 12.8 Å². The van der Waals surface area contributed by atoms with Crippen molar-refractivity contribution >= 4 is 5.91 Å². The first-order valence-corrected chi connectivity index (χ1v) is 5.26. The molecule has 3 N–H and O–H groups in total. The highest BCUT2D eigenvalue weighted by atomic mass is 16.1. The smallest absolute Gasteiger partial charge is 0.236 e. The van der Waals surface area contributed by atoms with E-state index in [1.807, 2.05) is 18.1 Å². The van der Waals surface area contributed by atoms with Crippen molar-refractivity contribution in [2.75, 3.05) is 19.6 Å². The third-order valence-corrected chi connectivity index (χ3v) is 2.70. The first-order valence-electron chi connectivity index (χ1n) is 5.26. The van der Waals surface area contributed by atoms with Crippen molar-refractivity contribution < 1.29 is 4.79 Å². The molecule has 0 spiro atoms. The van der Waals surface area contributed by atoms with Crippen molar-refractivity contribution in [1.29, 1.82) is 0 Å². The van der Waals surface area contributed by atoms with Gasteiger partial charge in [0.2, 0.25) is 5.91 Å². The van der Waals surface area contributed by atoms with Crippen LogP contribution in [0, 0.1) is 0 Å². The molecule has 7 heteroatoms. The van der Waals surface area contributed by atoms with Gasteiger partial charge in [-0.1, -0.05) is 5.21 Å². The van der Waals surface area contributed by atoms with Crippen LogP contribution in [0.25, 0.3) is 0 Å². The summed E-state index contributed by atoms with van der Waals surface area (Å²) in [6.07, 6.45) is 1.85. The summed E-state index contributed by atoms with van der Waals surface area (Å²) in [6.45, 7) is 2.88. The van der Waals surface area contributed by atoms with E-state index in [9.17, 15) is 4.79 Å². The van der Waals surface area contributed by atoms with Crippen LogP contribution < -0.4 is 11.1 Å². The number of hydrogen-bond acceptors (Lipinski definition) is 5. The third-order valence-electron chi connectivity index (χ3n) is 2.70. The van der Waals surface area contributed by atoms with Crippen molar-refractivity contribution in [2.45, 2.75) is 12.6 Å². The summed E-state index contributed by atoms with van der Waals surface area (Å²) < 4.78 is 1.65. The predicted octanol–water partition coefficient (Wildman–Crippen LogP) is -1.93. The number of aromatic nitrogens is 3. The average molecular weight is 224 g/mol. The van der Waals surface area contributed by atoms with Gasteiger partial charge >= 0.3 is 0 Å². The van der Waals surface area contributed by atoms with E-state index in [2.05, 4.69) is 15.6 Å². The maximum atomic E-state index is 11.3. The fourth-order valence-corrected chi connectivity index (χ4v) is 1.89. The van der Waals surface area contributed by atoms with Crippen molar-refractivity contribution in [3.63, 3.8) is 0 Å². The Morgan fingerprint density at radius 1 is 1.75 bits per heavy atom. The van der Waals surface area contributed by atoms with Gasteiger partial charge < -0.3 is 11.1 Å². The van der Waals surface area contributed by atoms with Gasteiger partial charge in [-0.15, -0.1) is 5.10 Å². The lowest BCUT2D eigenvalue weighted by Crippen LogP contribution is -2.56. The highest BCUT2D eigenvalue weighted by molar-refractivity contribution is 5.80. The summed E-state index contributed by atoms with van der Waals surface area (Å²) in [7, 11) is 1.82. The maximum absolute atomic E-state index is 11.3. The molecule has 1 aliphatic rings. The molecular weight excluding hydrogens is 208 g/mol. The van der Waals surface area contributed by atoms with Crippen LogP contribution in [0.4, 0.5) is 0 Å². The molecule has 88 valence electrons. The predicted molar refractivity (Wildman–Crippen MR) is 57.3 cm³/mol. The normalized spacial score (nSPS) is 22.2. The molecule has 0 aliphatic carbocycles. The second-order valence-electron chi connectivity index (χ2n) is 3.98. The van der Waals surface area contributed by atoms with Crippen LogP contribution >= 0.6 is 0 Å². The zero-order valence-electron chi connectivity index (χ0n) is 9.26. The number of hydrogen-bond donors (Lipinski definition) is 2. The van der Waals surface area contributed by atoms with Gasteiger partial charge in [0, 0.05) is 39.4 Å². The number of nitrogens with one attached hydrogen (secondary N) is 1. The molecule has 1 amide bonds. The minimum absolute atomic E-state index is 0.254. The zero-order valence-corrected chi connectivity index (χ0v) is 9.26. The second-order valence-corrected chi connectivity index (χ2v) is 3.98. The summed E-state index contributed by atoms with van der Waals surface area (Å²) in [6, 6.07) is -0.254. The monoisotopic (exact) mass is 224 g/mol. The Morgan fingerprint density at radius 2 is 2.56 bits per heavy atom. The minimum atomic E-state index is -0.295. The number of piperazine rings is 1. The number of amides is 1. The van der Waals surface area contributed by atoms with Crippen LogP contribution in [0.2, 0.25) is 0 Å². The van der Waals surface area contributed by atoms with Crippen molar-refractivity contribution in [1.82, 2.24) is 25.2 Å². The Morgan fingerprint density at radius 3 is 3.19 bits per heavy atom. The summed E-state index contributed by atoms with van der Waals surface area (Å²) in [5, 5.41) is 11.0. The molecule has 1 unspecified atom stereocenters. The summed E-state index contributed by atoms with van der Waals surface area (Å²) in [5.74, 6) is -0.295.